The van der Waals surface area contributed by atoms with Crippen LogP contribution < -0.4 is 5.32 Å². The molecule has 2 N–H and O–H groups in total. The quantitative estimate of drug-likeness (QED) is 0.732. The van der Waals surface area contributed by atoms with Gasteiger partial charge in [0.1, 0.15) is 6.10 Å². The molecule has 0 aliphatic rings. The first kappa shape index (κ1) is 15.9. The van der Waals surface area contributed by atoms with E-state index in [9.17, 15) is 9.90 Å². The number of benzene rings is 1. The summed E-state index contributed by atoms with van der Waals surface area (Å²) >= 11 is 3.06. The molecule has 1 amide bonds. The number of thiophene rings is 2. The molecule has 0 saturated carbocycles. The van der Waals surface area contributed by atoms with E-state index < -0.39 is 6.10 Å². The van der Waals surface area contributed by atoms with Gasteiger partial charge < -0.3 is 10.4 Å². The minimum absolute atomic E-state index is 0.0724. The molecule has 5 heteroatoms. The monoisotopic (exact) mass is 343 g/mol. The molecule has 1 atom stereocenters. The summed E-state index contributed by atoms with van der Waals surface area (Å²) in [5, 5.41) is 15.2. The van der Waals surface area contributed by atoms with Crippen molar-refractivity contribution >= 4 is 28.6 Å². The van der Waals surface area contributed by atoms with Gasteiger partial charge >= 0.3 is 0 Å². The Bertz CT molecular complexity index is 793. The Balaban J connectivity index is 1.64. The van der Waals surface area contributed by atoms with E-state index >= 15 is 0 Å². The second-order valence-corrected chi connectivity index (χ2v) is 7.40. The predicted octanol–water partition coefficient (Wildman–Crippen LogP) is 4.13. The van der Waals surface area contributed by atoms with Crippen molar-refractivity contribution in [3.05, 3.63) is 79.7 Å². The number of amides is 1. The number of aliphatic hydroxyl groups excluding tert-OH is 1. The van der Waals surface area contributed by atoms with Crippen LogP contribution in [-0.4, -0.2) is 11.0 Å². The number of hydrogen-bond donors (Lipinski definition) is 2. The zero-order chi connectivity index (χ0) is 16.2. The van der Waals surface area contributed by atoms with Crippen LogP contribution in [0.25, 0.3) is 0 Å². The van der Waals surface area contributed by atoms with Gasteiger partial charge in [0.2, 0.25) is 0 Å². The average molecular weight is 343 g/mol. The summed E-state index contributed by atoms with van der Waals surface area (Å²) in [5.41, 5.74) is 1.66. The fraction of sp³-hybridized carbons (Fsp3) is 0.167. The second-order valence-electron chi connectivity index (χ2n) is 5.22. The molecule has 1 aromatic carbocycles. The third kappa shape index (κ3) is 3.69. The van der Waals surface area contributed by atoms with Crippen molar-refractivity contribution in [2.24, 2.45) is 0 Å². The number of aryl methyl sites for hydroxylation is 1. The fourth-order valence-corrected chi connectivity index (χ4v) is 4.07. The van der Waals surface area contributed by atoms with Crippen LogP contribution in [0.4, 0.5) is 0 Å². The summed E-state index contributed by atoms with van der Waals surface area (Å²) in [6, 6.07) is 15.3. The molecule has 0 fully saturated rings. The number of carbonyl (C=O) groups is 1. The summed E-state index contributed by atoms with van der Waals surface area (Å²) in [7, 11) is 0. The van der Waals surface area contributed by atoms with Crippen LogP contribution in [-0.2, 0) is 6.54 Å². The van der Waals surface area contributed by atoms with Gasteiger partial charge in [-0.15, -0.1) is 22.7 Å². The van der Waals surface area contributed by atoms with Crippen LogP contribution in [0.15, 0.2) is 53.9 Å². The van der Waals surface area contributed by atoms with Gasteiger partial charge in [-0.1, -0.05) is 24.3 Å². The number of hydrogen-bond acceptors (Lipinski definition) is 4. The fourth-order valence-electron chi connectivity index (χ4n) is 2.31. The standard InChI is InChI=1S/C18H17NO2S2/c1-12-5-2-3-6-14(12)18(21)19-11-13-8-9-16(23-13)17(20)15-7-4-10-22-15/h2-10,17,20H,11H2,1H3,(H,19,21). The molecule has 0 saturated heterocycles. The molecule has 3 aromatic rings. The zero-order valence-electron chi connectivity index (χ0n) is 12.7. The molecule has 1 unspecified atom stereocenters. The molecule has 3 nitrogen and oxygen atoms in total. The summed E-state index contributed by atoms with van der Waals surface area (Å²) in [5.74, 6) is -0.0724. The van der Waals surface area contributed by atoms with Crippen molar-refractivity contribution in [1.82, 2.24) is 5.32 Å². The van der Waals surface area contributed by atoms with Crippen LogP contribution in [0.2, 0.25) is 0 Å². The van der Waals surface area contributed by atoms with E-state index in [1.54, 1.807) is 0 Å². The van der Waals surface area contributed by atoms with E-state index in [-0.39, 0.29) is 5.91 Å². The first-order valence-corrected chi connectivity index (χ1v) is 8.98. The molecule has 0 bridgehead atoms. The molecule has 23 heavy (non-hydrogen) atoms. The molecule has 118 valence electrons. The minimum atomic E-state index is -0.583. The molecule has 3 rings (SSSR count). The highest BCUT2D eigenvalue weighted by Crippen LogP contribution is 2.30. The second kappa shape index (κ2) is 7.08. The van der Waals surface area contributed by atoms with Gasteiger partial charge in [0.25, 0.3) is 5.91 Å². The minimum Gasteiger partial charge on any atom is -0.382 e. The molecule has 0 radical (unpaired) electrons. The van der Waals surface area contributed by atoms with Crippen molar-refractivity contribution < 1.29 is 9.90 Å². The summed E-state index contributed by atoms with van der Waals surface area (Å²) in [6.45, 7) is 2.39. The van der Waals surface area contributed by atoms with Crippen molar-refractivity contribution in [3.63, 3.8) is 0 Å². The largest absolute Gasteiger partial charge is 0.382 e. The molecule has 2 aromatic heterocycles. The average Bonchev–Trinajstić information content (AvgIpc) is 3.24. The summed E-state index contributed by atoms with van der Waals surface area (Å²) in [6.07, 6.45) is -0.583. The highest BCUT2D eigenvalue weighted by molar-refractivity contribution is 7.12. The lowest BCUT2D eigenvalue weighted by molar-refractivity contribution is 0.0950. The van der Waals surface area contributed by atoms with E-state index in [2.05, 4.69) is 5.32 Å². The number of aliphatic hydroxyl groups is 1. The van der Waals surface area contributed by atoms with Crippen molar-refractivity contribution in [3.8, 4) is 0 Å². The van der Waals surface area contributed by atoms with Crippen molar-refractivity contribution in [2.75, 3.05) is 0 Å². The molecule has 0 aliphatic heterocycles. The van der Waals surface area contributed by atoms with Crippen LogP contribution in [0.3, 0.4) is 0 Å². The maximum absolute atomic E-state index is 12.2. The third-order valence-electron chi connectivity index (χ3n) is 3.58. The molecule has 0 spiro atoms. The molecular formula is C18H17NO2S2. The van der Waals surface area contributed by atoms with Crippen LogP contribution in [0.1, 0.15) is 36.7 Å². The SMILES string of the molecule is Cc1ccccc1C(=O)NCc1ccc(C(O)c2cccs2)s1. The van der Waals surface area contributed by atoms with E-state index in [0.717, 1.165) is 20.2 Å². The van der Waals surface area contributed by atoms with E-state index in [4.69, 9.17) is 0 Å². The summed E-state index contributed by atoms with van der Waals surface area (Å²) < 4.78 is 0. The van der Waals surface area contributed by atoms with Gasteiger partial charge in [-0.05, 0) is 42.1 Å². The van der Waals surface area contributed by atoms with Gasteiger partial charge in [-0.25, -0.2) is 0 Å². The number of nitrogens with one attached hydrogen (secondary N) is 1. The molecule has 2 heterocycles. The van der Waals surface area contributed by atoms with E-state index in [1.807, 2.05) is 60.8 Å². The van der Waals surface area contributed by atoms with Crippen LogP contribution in [0.5, 0.6) is 0 Å². The Labute approximate surface area is 143 Å². The predicted molar refractivity (Wildman–Crippen MR) is 95.0 cm³/mol. The lowest BCUT2D eigenvalue weighted by atomic mass is 10.1. The zero-order valence-corrected chi connectivity index (χ0v) is 14.3. The molecule has 0 aliphatic carbocycles. The van der Waals surface area contributed by atoms with E-state index in [1.165, 1.54) is 22.7 Å². The maximum atomic E-state index is 12.2. The number of carbonyl (C=O) groups excluding carboxylic acids is 1. The van der Waals surface area contributed by atoms with Gasteiger partial charge in [-0.3, -0.25) is 4.79 Å². The van der Waals surface area contributed by atoms with Crippen molar-refractivity contribution in [1.29, 1.82) is 0 Å². The Kier molecular flexibility index (Phi) is 4.91. The lowest BCUT2D eigenvalue weighted by Gasteiger charge is -2.07. The van der Waals surface area contributed by atoms with Gasteiger partial charge in [-0.2, -0.15) is 0 Å². The topological polar surface area (TPSA) is 49.3 Å². The Morgan fingerprint density at radius 1 is 1.13 bits per heavy atom. The highest BCUT2D eigenvalue weighted by Gasteiger charge is 2.14. The Morgan fingerprint density at radius 2 is 1.96 bits per heavy atom. The Morgan fingerprint density at radius 3 is 2.70 bits per heavy atom. The summed E-state index contributed by atoms with van der Waals surface area (Å²) in [4.78, 5) is 15.1. The Hall–Kier alpha value is -1.95. The first-order valence-electron chi connectivity index (χ1n) is 7.29. The smallest absolute Gasteiger partial charge is 0.251 e. The van der Waals surface area contributed by atoms with Gasteiger partial charge in [0, 0.05) is 20.2 Å². The van der Waals surface area contributed by atoms with Gasteiger partial charge in [0.05, 0.1) is 6.54 Å². The number of rotatable bonds is 5. The highest BCUT2D eigenvalue weighted by atomic mass is 32.1. The first-order chi connectivity index (χ1) is 11.1. The normalized spacial score (nSPS) is 12.1. The lowest BCUT2D eigenvalue weighted by Crippen LogP contribution is -2.23. The van der Waals surface area contributed by atoms with Crippen LogP contribution >= 0.6 is 22.7 Å². The third-order valence-corrected chi connectivity index (χ3v) is 5.64. The van der Waals surface area contributed by atoms with Crippen LogP contribution in [0, 0.1) is 6.92 Å². The van der Waals surface area contributed by atoms with Gasteiger partial charge in [0.15, 0.2) is 0 Å². The maximum Gasteiger partial charge on any atom is 0.251 e. The molecular weight excluding hydrogens is 326 g/mol. The van der Waals surface area contributed by atoms with E-state index in [0.29, 0.717) is 12.1 Å². The van der Waals surface area contributed by atoms with Crippen molar-refractivity contribution in [2.45, 2.75) is 19.6 Å².